The highest BCUT2D eigenvalue weighted by Gasteiger charge is 2.34. The summed E-state index contributed by atoms with van der Waals surface area (Å²) in [4.78, 5) is 8.42. The van der Waals surface area contributed by atoms with Gasteiger partial charge in [-0.2, -0.15) is 0 Å². The molecule has 2 heterocycles. The topological polar surface area (TPSA) is 61.0 Å². The lowest BCUT2D eigenvalue weighted by Gasteiger charge is -2.18. The summed E-state index contributed by atoms with van der Waals surface area (Å²) in [5.74, 6) is 1.25. The molecule has 0 amide bonds. The number of nitrogen functional groups attached to an aromatic ring is 1. The molecule has 0 spiro atoms. The predicted octanol–water partition coefficient (Wildman–Crippen LogP) is 1.13. The fraction of sp³-hybridized carbons (Fsp3) is 0.556. The SMILES string of the molecule is Cc1nc(N)c2c(n1)COC2(C)C. The molecule has 0 aliphatic carbocycles. The highest BCUT2D eigenvalue weighted by atomic mass is 16.5. The number of nitrogens with zero attached hydrogens (tertiary/aromatic N) is 2. The second-order valence-electron chi connectivity index (χ2n) is 3.78. The van der Waals surface area contributed by atoms with E-state index in [1.165, 1.54) is 0 Å². The molecule has 0 bridgehead atoms. The molecule has 2 rings (SSSR count). The first-order valence-electron chi connectivity index (χ1n) is 4.28. The third-order valence-electron chi connectivity index (χ3n) is 2.30. The molecule has 4 nitrogen and oxygen atoms in total. The first kappa shape index (κ1) is 8.44. The quantitative estimate of drug-likeness (QED) is 0.648. The van der Waals surface area contributed by atoms with Crippen molar-refractivity contribution >= 4 is 5.82 Å². The van der Waals surface area contributed by atoms with Gasteiger partial charge in [-0.1, -0.05) is 0 Å². The molecule has 1 aliphatic rings. The summed E-state index contributed by atoms with van der Waals surface area (Å²) < 4.78 is 5.56. The van der Waals surface area contributed by atoms with E-state index in [9.17, 15) is 0 Å². The Hall–Kier alpha value is -1.16. The van der Waals surface area contributed by atoms with Gasteiger partial charge in [0.15, 0.2) is 0 Å². The second-order valence-corrected chi connectivity index (χ2v) is 3.78. The average molecular weight is 179 g/mol. The molecule has 0 radical (unpaired) electrons. The highest BCUT2D eigenvalue weighted by Crippen LogP contribution is 2.37. The third-order valence-corrected chi connectivity index (χ3v) is 2.30. The fourth-order valence-corrected chi connectivity index (χ4v) is 1.74. The Morgan fingerprint density at radius 1 is 1.38 bits per heavy atom. The zero-order valence-corrected chi connectivity index (χ0v) is 8.09. The molecular weight excluding hydrogens is 166 g/mol. The molecule has 0 saturated carbocycles. The van der Waals surface area contributed by atoms with Crippen molar-refractivity contribution in [2.45, 2.75) is 33.0 Å². The minimum atomic E-state index is -0.340. The number of ether oxygens (including phenoxy) is 1. The number of aromatic nitrogens is 2. The number of hydrogen-bond donors (Lipinski definition) is 1. The van der Waals surface area contributed by atoms with Crippen LogP contribution in [-0.4, -0.2) is 9.97 Å². The van der Waals surface area contributed by atoms with Crippen LogP contribution in [0.5, 0.6) is 0 Å². The number of anilines is 1. The molecule has 1 aromatic rings. The Labute approximate surface area is 77.1 Å². The summed E-state index contributed by atoms with van der Waals surface area (Å²) >= 11 is 0. The molecule has 13 heavy (non-hydrogen) atoms. The molecule has 0 atom stereocenters. The van der Waals surface area contributed by atoms with E-state index in [0.29, 0.717) is 18.2 Å². The van der Waals surface area contributed by atoms with E-state index < -0.39 is 0 Å². The van der Waals surface area contributed by atoms with Gasteiger partial charge in [0.05, 0.1) is 17.9 Å². The van der Waals surface area contributed by atoms with Crippen LogP contribution >= 0.6 is 0 Å². The van der Waals surface area contributed by atoms with Crippen molar-refractivity contribution in [3.8, 4) is 0 Å². The lowest BCUT2D eigenvalue weighted by Crippen LogP contribution is -2.18. The fourth-order valence-electron chi connectivity index (χ4n) is 1.74. The second kappa shape index (κ2) is 2.42. The zero-order valence-electron chi connectivity index (χ0n) is 8.09. The van der Waals surface area contributed by atoms with Gasteiger partial charge in [-0.05, 0) is 20.8 Å². The minimum absolute atomic E-state index is 0.340. The van der Waals surface area contributed by atoms with E-state index in [1.807, 2.05) is 20.8 Å². The van der Waals surface area contributed by atoms with Gasteiger partial charge < -0.3 is 10.5 Å². The van der Waals surface area contributed by atoms with Crippen LogP contribution in [0.2, 0.25) is 0 Å². The third kappa shape index (κ3) is 1.18. The Morgan fingerprint density at radius 3 is 2.77 bits per heavy atom. The lowest BCUT2D eigenvalue weighted by atomic mass is 10.00. The summed E-state index contributed by atoms with van der Waals surface area (Å²) in [6.45, 7) is 6.33. The zero-order chi connectivity index (χ0) is 9.64. The van der Waals surface area contributed by atoms with Crippen LogP contribution < -0.4 is 5.73 Å². The number of hydrogen-bond acceptors (Lipinski definition) is 4. The smallest absolute Gasteiger partial charge is 0.133 e. The molecule has 4 heteroatoms. The first-order valence-corrected chi connectivity index (χ1v) is 4.28. The monoisotopic (exact) mass is 179 g/mol. The molecule has 0 fully saturated rings. The number of fused-ring (bicyclic) bond motifs is 1. The van der Waals surface area contributed by atoms with Crippen molar-refractivity contribution in [2.24, 2.45) is 0 Å². The summed E-state index contributed by atoms with van der Waals surface area (Å²) in [7, 11) is 0. The van der Waals surface area contributed by atoms with E-state index in [0.717, 1.165) is 11.3 Å². The minimum Gasteiger partial charge on any atom is -0.383 e. The van der Waals surface area contributed by atoms with E-state index in [2.05, 4.69) is 9.97 Å². The van der Waals surface area contributed by atoms with Gasteiger partial charge >= 0.3 is 0 Å². The summed E-state index contributed by atoms with van der Waals surface area (Å²) in [5, 5.41) is 0. The Morgan fingerprint density at radius 2 is 2.08 bits per heavy atom. The summed E-state index contributed by atoms with van der Waals surface area (Å²) in [5.41, 5.74) is 7.35. The number of aryl methyl sites for hydroxylation is 1. The van der Waals surface area contributed by atoms with E-state index in [-0.39, 0.29) is 5.60 Å². The maximum Gasteiger partial charge on any atom is 0.133 e. The predicted molar refractivity (Wildman–Crippen MR) is 49.0 cm³/mol. The lowest BCUT2D eigenvalue weighted by molar-refractivity contribution is -0.00810. The molecule has 1 aliphatic heterocycles. The van der Waals surface area contributed by atoms with Gasteiger partial charge in [0.2, 0.25) is 0 Å². The van der Waals surface area contributed by atoms with E-state index in [4.69, 9.17) is 10.5 Å². The molecule has 0 aromatic carbocycles. The largest absolute Gasteiger partial charge is 0.383 e. The van der Waals surface area contributed by atoms with Gasteiger partial charge in [0.1, 0.15) is 11.6 Å². The van der Waals surface area contributed by atoms with Gasteiger partial charge in [-0.15, -0.1) is 0 Å². The van der Waals surface area contributed by atoms with E-state index >= 15 is 0 Å². The average Bonchev–Trinajstić information content (AvgIpc) is 2.26. The van der Waals surface area contributed by atoms with Crippen LogP contribution in [0.4, 0.5) is 5.82 Å². The van der Waals surface area contributed by atoms with Crippen LogP contribution in [0.25, 0.3) is 0 Å². The van der Waals surface area contributed by atoms with Crippen molar-refractivity contribution < 1.29 is 4.74 Å². The van der Waals surface area contributed by atoms with Gasteiger partial charge in [0, 0.05) is 5.56 Å². The van der Waals surface area contributed by atoms with Crippen LogP contribution in [0, 0.1) is 6.92 Å². The van der Waals surface area contributed by atoms with Crippen LogP contribution in [-0.2, 0) is 16.9 Å². The van der Waals surface area contributed by atoms with Gasteiger partial charge in [-0.3, -0.25) is 0 Å². The van der Waals surface area contributed by atoms with Crippen LogP contribution in [0.15, 0.2) is 0 Å². The van der Waals surface area contributed by atoms with Crippen LogP contribution in [0.3, 0.4) is 0 Å². The molecule has 70 valence electrons. The Bertz CT molecular complexity index is 360. The molecular formula is C9H13N3O. The molecule has 2 N–H and O–H groups in total. The maximum absolute atomic E-state index is 5.82. The number of nitrogens with two attached hydrogens (primary N) is 1. The molecule has 0 saturated heterocycles. The van der Waals surface area contributed by atoms with Crippen molar-refractivity contribution in [1.82, 2.24) is 9.97 Å². The molecule has 0 unspecified atom stereocenters. The van der Waals surface area contributed by atoms with Gasteiger partial charge in [-0.25, -0.2) is 9.97 Å². The summed E-state index contributed by atoms with van der Waals surface area (Å²) in [6.07, 6.45) is 0. The van der Waals surface area contributed by atoms with Crippen molar-refractivity contribution in [3.63, 3.8) is 0 Å². The normalized spacial score (nSPS) is 18.7. The van der Waals surface area contributed by atoms with E-state index in [1.54, 1.807) is 0 Å². The Balaban J connectivity index is 2.65. The standard InChI is InChI=1S/C9H13N3O/c1-5-11-6-4-13-9(2,3)7(6)8(10)12-5/h4H2,1-3H3,(H2,10,11,12). The maximum atomic E-state index is 5.82. The number of rotatable bonds is 0. The van der Waals surface area contributed by atoms with Gasteiger partial charge in [0.25, 0.3) is 0 Å². The first-order chi connectivity index (χ1) is 6.00. The molecule has 1 aromatic heterocycles. The van der Waals surface area contributed by atoms with Crippen molar-refractivity contribution in [2.75, 3.05) is 5.73 Å². The van der Waals surface area contributed by atoms with Crippen LogP contribution in [0.1, 0.15) is 30.9 Å². The van der Waals surface area contributed by atoms with Crippen molar-refractivity contribution in [1.29, 1.82) is 0 Å². The van der Waals surface area contributed by atoms with Crippen molar-refractivity contribution in [3.05, 3.63) is 17.1 Å². The summed E-state index contributed by atoms with van der Waals surface area (Å²) in [6, 6.07) is 0. The highest BCUT2D eigenvalue weighted by molar-refractivity contribution is 5.47. The Kier molecular flexibility index (Phi) is 1.57.